The van der Waals surface area contributed by atoms with Crippen molar-refractivity contribution in [2.45, 2.75) is 11.4 Å². The van der Waals surface area contributed by atoms with Crippen molar-refractivity contribution in [3.63, 3.8) is 0 Å². The first-order valence-electron chi connectivity index (χ1n) is 5.95. The molecule has 0 saturated carbocycles. The van der Waals surface area contributed by atoms with Gasteiger partial charge in [-0.25, -0.2) is 13.1 Å². The van der Waals surface area contributed by atoms with Crippen LogP contribution in [0.15, 0.2) is 45.1 Å². The van der Waals surface area contributed by atoms with Crippen LogP contribution in [0.3, 0.4) is 0 Å². The van der Waals surface area contributed by atoms with E-state index in [9.17, 15) is 8.42 Å². The topological polar surface area (TPSA) is 66.4 Å². The second-order valence-electron chi connectivity index (χ2n) is 3.97. The van der Waals surface area contributed by atoms with Crippen LogP contribution in [0.5, 0.6) is 0 Å². The third kappa shape index (κ3) is 4.15. The Bertz CT molecular complexity index is 788. The summed E-state index contributed by atoms with van der Waals surface area (Å²) in [4.78, 5) is 1.01. The molecule has 2 aromatic rings. The van der Waals surface area contributed by atoms with Gasteiger partial charge in [0.05, 0.1) is 4.90 Å². The Labute approximate surface area is 136 Å². The summed E-state index contributed by atoms with van der Waals surface area (Å²) in [5, 5.41) is 10.6. The molecule has 0 unspecified atom stereocenters. The Morgan fingerprint density at radius 1 is 1.29 bits per heavy atom. The van der Waals surface area contributed by atoms with Crippen molar-refractivity contribution in [1.82, 2.24) is 4.72 Å². The smallest absolute Gasteiger partial charge is 0.242 e. The molecule has 0 bridgehead atoms. The van der Waals surface area contributed by atoms with Crippen LogP contribution >= 0.6 is 27.3 Å². The molecule has 110 valence electrons. The monoisotopic (exact) mass is 385 g/mol. The van der Waals surface area contributed by atoms with Gasteiger partial charge in [0.25, 0.3) is 0 Å². The van der Waals surface area contributed by atoms with E-state index >= 15 is 0 Å². The zero-order chi connectivity index (χ0) is 15.3. The molecule has 0 saturated heterocycles. The van der Waals surface area contributed by atoms with Crippen molar-refractivity contribution in [3.8, 4) is 11.8 Å². The Morgan fingerprint density at radius 2 is 2.05 bits per heavy atom. The molecule has 2 rings (SSSR count). The van der Waals surface area contributed by atoms with Gasteiger partial charge in [0.1, 0.15) is 6.61 Å². The molecule has 0 radical (unpaired) electrons. The predicted molar refractivity (Wildman–Crippen MR) is 86.5 cm³/mol. The van der Waals surface area contributed by atoms with Crippen molar-refractivity contribution in [3.05, 3.63) is 50.6 Å². The maximum Gasteiger partial charge on any atom is 0.242 e. The predicted octanol–water partition coefficient (Wildman–Crippen LogP) is 2.33. The van der Waals surface area contributed by atoms with E-state index in [0.29, 0.717) is 5.56 Å². The maximum atomic E-state index is 12.4. The number of hydrogen-bond donors (Lipinski definition) is 2. The summed E-state index contributed by atoms with van der Waals surface area (Å²) in [6, 6.07) is 8.32. The first-order valence-corrected chi connectivity index (χ1v) is 9.10. The van der Waals surface area contributed by atoms with Crippen molar-refractivity contribution >= 4 is 37.3 Å². The lowest BCUT2D eigenvalue weighted by Gasteiger charge is -2.08. The summed E-state index contributed by atoms with van der Waals surface area (Å²) in [5.74, 6) is 5.11. The fourth-order valence-electron chi connectivity index (χ4n) is 1.63. The Balaban J connectivity index is 2.26. The molecular weight excluding hydrogens is 374 g/mol. The number of aliphatic hydroxyl groups excluding tert-OH is 1. The fraction of sp³-hybridized carbons (Fsp3) is 0.143. The summed E-state index contributed by atoms with van der Waals surface area (Å²) in [5.41, 5.74) is 0.365. The molecule has 0 fully saturated rings. The number of nitrogens with one attached hydrogen (secondary N) is 1. The van der Waals surface area contributed by atoms with Crippen LogP contribution in [0.4, 0.5) is 0 Å². The summed E-state index contributed by atoms with van der Waals surface area (Å²) >= 11 is 4.83. The van der Waals surface area contributed by atoms with Gasteiger partial charge in [0.2, 0.25) is 10.0 Å². The molecule has 4 nitrogen and oxygen atoms in total. The highest BCUT2D eigenvalue weighted by Gasteiger charge is 2.17. The van der Waals surface area contributed by atoms with E-state index in [2.05, 4.69) is 32.5 Å². The van der Waals surface area contributed by atoms with Crippen molar-refractivity contribution in [2.75, 3.05) is 6.61 Å². The lowest BCUT2D eigenvalue weighted by molar-refractivity contribution is 0.350. The zero-order valence-electron chi connectivity index (χ0n) is 10.8. The molecule has 0 atom stereocenters. The number of benzene rings is 1. The molecule has 0 aliphatic heterocycles. The van der Waals surface area contributed by atoms with Crippen LogP contribution < -0.4 is 4.72 Å². The summed E-state index contributed by atoms with van der Waals surface area (Å²) in [6.45, 7) is -0.105. The highest BCUT2D eigenvalue weighted by atomic mass is 79.9. The lowest BCUT2D eigenvalue weighted by Crippen LogP contribution is -2.23. The van der Waals surface area contributed by atoms with E-state index in [1.54, 1.807) is 18.2 Å². The molecule has 0 aliphatic rings. The second-order valence-corrected chi connectivity index (χ2v) is 7.56. The number of thiophene rings is 1. The highest BCUT2D eigenvalue weighted by molar-refractivity contribution is 9.10. The minimum Gasteiger partial charge on any atom is -0.384 e. The van der Waals surface area contributed by atoms with Crippen LogP contribution in [-0.2, 0) is 16.6 Å². The number of rotatable bonds is 4. The SMILES string of the molecule is O=S(=O)(NCc1sccc1Br)c1ccccc1C#CCO. The molecule has 1 aromatic carbocycles. The molecule has 7 heteroatoms. The standard InChI is InChI=1S/C14H12BrNO3S2/c15-12-7-9-20-13(12)10-16-21(18,19)14-6-2-1-4-11(14)5-3-8-17/h1-2,4,6-7,9,16-17H,8,10H2. The van der Waals surface area contributed by atoms with Crippen molar-refractivity contribution in [2.24, 2.45) is 0 Å². The molecule has 2 N–H and O–H groups in total. The van der Waals surface area contributed by atoms with Crippen LogP contribution in [0.2, 0.25) is 0 Å². The molecule has 1 heterocycles. The number of aliphatic hydroxyl groups is 1. The Morgan fingerprint density at radius 3 is 2.71 bits per heavy atom. The highest BCUT2D eigenvalue weighted by Crippen LogP contribution is 2.23. The minimum absolute atomic E-state index is 0.110. The normalized spacial score (nSPS) is 11.0. The molecule has 0 spiro atoms. The van der Waals surface area contributed by atoms with Gasteiger partial charge in [-0.2, -0.15) is 0 Å². The second kappa shape index (κ2) is 7.20. The third-order valence-electron chi connectivity index (χ3n) is 2.59. The van der Waals surface area contributed by atoms with Gasteiger partial charge in [0, 0.05) is 21.5 Å². The van der Waals surface area contributed by atoms with E-state index in [4.69, 9.17) is 5.11 Å². The summed E-state index contributed by atoms with van der Waals surface area (Å²) in [7, 11) is -3.66. The van der Waals surface area contributed by atoms with Crippen LogP contribution in [0.1, 0.15) is 10.4 Å². The van der Waals surface area contributed by atoms with Crippen molar-refractivity contribution < 1.29 is 13.5 Å². The Kier molecular flexibility index (Phi) is 5.56. The Hall–Kier alpha value is -1.17. The van der Waals surface area contributed by atoms with Crippen LogP contribution in [0, 0.1) is 11.8 Å². The van der Waals surface area contributed by atoms with Gasteiger partial charge < -0.3 is 5.11 Å². The van der Waals surface area contributed by atoms with E-state index in [1.807, 2.05) is 11.4 Å². The van der Waals surface area contributed by atoms with Gasteiger partial charge in [-0.15, -0.1) is 11.3 Å². The van der Waals surface area contributed by atoms with Crippen LogP contribution in [0.25, 0.3) is 0 Å². The molecular formula is C14H12BrNO3S2. The molecule has 1 aromatic heterocycles. The lowest BCUT2D eigenvalue weighted by atomic mass is 10.2. The quantitative estimate of drug-likeness (QED) is 0.793. The van der Waals surface area contributed by atoms with Gasteiger partial charge in [-0.05, 0) is 39.5 Å². The summed E-state index contributed by atoms with van der Waals surface area (Å²) in [6.07, 6.45) is 0. The molecule has 0 aliphatic carbocycles. The van der Waals surface area contributed by atoms with Gasteiger partial charge in [-0.1, -0.05) is 24.0 Å². The number of sulfonamides is 1. The third-order valence-corrected chi connectivity index (χ3v) is 5.98. The van der Waals surface area contributed by atoms with Crippen molar-refractivity contribution in [1.29, 1.82) is 0 Å². The largest absolute Gasteiger partial charge is 0.384 e. The molecule has 0 amide bonds. The summed E-state index contributed by atoms with van der Waals surface area (Å²) < 4.78 is 28.2. The first-order chi connectivity index (χ1) is 10.0. The number of hydrogen-bond acceptors (Lipinski definition) is 4. The number of halogens is 1. The van der Waals surface area contributed by atoms with Gasteiger partial charge in [0.15, 0.2) is 0 Å². The average Bonchev–Trinajstić information content (AvgIpc) is 2.89. The average molecular weight is 386 g/mol. The minimum atomic E-state index is -3.66. The van der Waals surface area contributed by atoms with E-state index in [-0.39, 0.29) is 18.0 Å². The zero-order valence-corrected chi connectivity index (χ0v) is 14.1. The van der Waals surface area contributed by atoms with Gasteiger partial charge >= 0.3 is 0 Å². The first kappa shape index (κ1) is 16.2. The maximum absolute atomic E-state index is 12.4. The van der Waals surface area contributed by atoms with Gasteiger partial charge in [-0.3, -0.25) is 0 Å². The van der Waals surface area contributed by atoms with E-state index in [1.165, 1.54) is 17.4 Å². The molecule has 21 heavy (non-hydrogen) atoms. The fourth-order valence-corrected chi connectivity index (χ4v) is 4.31. The van der Waals surface area contributed by atoms with E-state index in [0.717, 1.165) is 9.35 Å². The van der Waals surface area contributed by atoms with E-state index < -0.39 is 10.0 Å². The van der Waals surface area contributed by atoms with Crippen LogP contribution in [-0.4, -0.2) is 20.1 Å².